The van der Waals surface area contributed by atoms with Crippen LogP contribution >= 0.6 is 0 Å². The minimum atomic E-state index is -1.48. The van der Waals surface area contributed by atoms with Gasteiger partial charge in [0.15, 0.2) is 0 Å². The maximum atomic E-state index is 11.1. The molecule has 0 heterocycles. The average Bonchev–Trinajstić information content (AvgIpc) is 2.39. The Morgan fingerprint density at radius 2 is 1.95 bits per heavy atom. The third kappa shape index (κ3) is 3.46. The number of esters is 1. The van der Waals surface area contributed by atoms with Crippen LogP contribution in [-0.4, -0.2) is 40.5 Å². The fraction of sp³-hybridized carbons (Fsp3) is 0.385. The molecule has 1 aromatic rings. The van der Waals surface area contributed by atoms with Crippen LogP contribution in [0.4, 0.5) is 5.69 Å². The zero-order chi connectivity index (χ0) is 15.4. The number of aliphatic hydroxyl groups is 2. The number of anilines is 1. The van der Waals surface area contributed by atoms with E-state index in [1.165, 1.54) is 12.1 Å². The van der Waals surface area contributed by atoms with Gasteiger partial charge in [0, 0.05) is 5.56 Å². The fourth-order valence-electron chi connectivity index (χ4n) is 1.82. The van der Waals surface area contributed by atoms with Crippen molar-refractivity contribution in [3.63, 3.8) is 0 Å². The van der Waals surface area contributed by atoms with Crippen molar-refractivity contribution in [1.82, 2.24) is 0 Å². The lowest BCUT2D eigenvalue weighted by atomic mass is 9.95. The van der Waals surface area contributed by atoms with Gasteiger partial charge in [-0.05, 0) is 18.6 Å². The lowest BCUT2D eigenvalue weighted by Crippen LogP contribution is -2.24. The van der Waals surface area contributed by atoms with E-state index >= 15 is 0 Å². The van der Waals surface area contributed by atoms with Gasteiger partial charge in [0.2, 0.25) is 0 Å². The van der Waals surface area contributed by atoms with Crippen molar-refractivity contribution in [1.29, 1.82) is 0 Å². The molecule has 0 saturated carbocycles. The number of hydrogen-bond donors (Lipinski definition) is 4. The first-order chi connectivity index (χ1) is 9.27. The number of nitrogen functional groups attached to an aromatic ring is 1. The number of rotatable bonds is 5. The molecule has 0 fully saturated rings. The minimum Gasteiger partial charge on any atom is -0.478 e. The van der Waals surface area contributed by atoms with Gasteiger partial charge in [-0.2, -0.15) is 0 Å². The molecule has 0 aliphatic heterocycles. The van der Waals surface area contributed by atoms with E-state index in [-0.39, 0.29) is 16.8 Å². The molecule has 1 rings (SSSR count). The number of carbonyl (C=O) groups excluding carboxylic acids is 1. The van der Waals surface area contributed by atoms with E-state index in [4.69, 9.17) is 10.8 Å². The summed E-state index contributed by atoms with van der Waals surface area (Å²) in [6, 6.07) is 2.83. The summed E-state index contributed by atoms with van der Waals surface area (Å²) >= 11 is 0. The van der Waals surface area contributed by atoms with E-state index in [0.29, 0.717) is 5.56 Å². The summed E-state index contributed by atoms with van der Waals surface area (Å²) in [5.74, 6) is -1.93. The number of aliphatic hydroxyl groups excluding tert-OH is 2. The lowest BCUT2D eigenvalue weighted by Gasteiger charge is -2.20. The predicted molar refractivity (Wildman–Crippen MR) is 70.2 cm³/mol. The number of aromatic carboxylic acids is 1. The summed E-state index contributed by atoms with van der Waals surface area (Å²) < 4.78 is 4.39. The van der Waals surface area contributed by atoms with Gasteiger partial charge >= 0.3 is 11.9 Å². The van der Waals surface area contributed by atoms with Gasteiger partial charge in [-0.3, -0.25) is 4.79 Å². The highest BCUT2D eigenvalue weighted by Crippen LogP contribution is 2.29. The Labute approximate surface area is 115 Å². The van der Waals surface area contributed by atoms with Crippen LogP contribution < -0.4 is 5.73 Å². The molecule has 0 aliphatic rings. The Morgan fingerprint density at radius 1 is 1.35 bits per heavy atom. The van der Waals surface area contributed by atoms with Crippen molar-refractivity contribution < 1.29 is 29.6 Å². The van der Waals surface area contributed by atoms with Gasteiger partial charge in [0.05, 0.1) is 30.9 Å². The second-order valence-corrected chi connectivity index (χ2v) is 4.41. The third-order valence-electron chi connectivity index (χ3n) is 2.87. The van der Waals surface area contributed by atoms with Crippen LogP contribution in [0.1, 0.15) is 34.0 Å². The lowest BCUT2D eigenvalue weighted by molar-refractivity contribution is -0.144. The Bertz CT molecular complexity index is 528. The number of carbonyl (C=O) groups is 2. The van der Waals surface area contributed by atoms with Crippen LogP contribution in [0.2, 0.25) is 0 Å². The SMILES string of the molecule is COC(=O)CC(O)C(O)c1cc(C)cc(C(=O)O)c1N. The number of benzene rings is 1. The Kier molecular flexibility index (Phi) is 5.06. The molecule has 0 saturated heterocycles. The van der Waals surface area contributed by atoms with Crippen LogP contribution in [0.3, 0.4) is 0 Å². The van der Waals surface area contributed by atoms with Crippen LogP contribution in [0.25, 0.3) is 0 Å². The minimum absolute atomic E-state index is 0.0683. The molecule has 20 heavy (non-hydrogen) atoms. The van der Waals surface area contributed by atoms with Gasteiger partial charge in [-0.25, -0.2) is 4.79 Å². The first-order valence-corrected chi connectivity index (χ1v) is 5.84. The van der Waals surface area contributed by atoms with E-state index in [9.17, 15) is 19.8 Å². The van der Waals surface area contributed by atoms with Crippen LogP contribution in [0.15, 0.2) is 12.1 Å². The Balaban J connectivity index is 3.12. The first kappa shape index (κ1) is 15.9. The number of nitrogens with two attached hydrogens (primary N) is 1. The summed E-state index contributed by atoms with van der Waals surface area (Å²) in [6.07, 6.45) is -3.34. The van der Waals surface area contributed by atoms with Gasteiger partial charge in [-0.15, -0.1) is 0 Å². The molecule has 0 radical (unpaired) electrons. The topological polar surface area (TPSA) is 130 Å². The van der Waals surface area contributed by atoms with Gasteiger partial charge in [0.1, 0.15) is 6.10 Å². The molecule has 0 amide bonds. The number of carboxylic acids is 1. The number of methoxy groups -OCH3 is 1. The highest BCUT2D eigenvalue weighted by molar-refractivity contribution is 5.94. The molecule has 0 spiro atoms. The quantitative estimate of drug-likeness (QED) is 0.449. The van der Waals surface area contributed by atoms with E-state index in [2.05, 4.69) is 4.74 Å². The molecule has 2 unspecified atom stereocenters. The molecule has 7 heteroatoms. The van der Waals surface area contributed by atoms with Crippen molar-refractivity contribution in [2.24, 2.45) is 0 Å². The van der Waals surface area contributed by atoms with Crippen molar-refractivity contribution in [3.8, 4) is 0 Å². The van der Waals surface area contributed by atoms with Gasteiger partial charge in [-0.1, -0.05) is 6.07 Å². The molecular formula is C13H17NO6. The Morgan fingerprint density at radius 3 is 2.45 bits per heavy atom. The Hall–Kier alpha value is -2.12. The molecular weight excluding hydrogens is 266 g/mol. The van der Waals surface area contributed by atoms with Gasteiger partial charge in [0.25, 0.3) is 0 Å². The van der Waals surface area contributed by atoms with E-state index in [0.717, 1.165) is 7.11 Å². The zero-order valence-corrected chi connectivity index (χ0v) is 11.2. The first-order valence-electron chi connectivity index (χ1n) is 5.84. The monoisotopic (exact) mass is 283 g/mol. The zero-order valence-electron chi connectivity index (χ0n) is 11.2. The largest absolute Gasteiger partial charge is 0.478 e. The van der Waals surface area contributed by atoms with Crippen LogP contribution in [0.5, 0.6) is 0 Å². The molecule has 110 valence electrons. The van der Waals surface area contributed by atoms with Crippen molar-refractivity contribution >= 4 is 17.6 Å². The van der Waals surface area contributed by atoms with Gasteiger partial charge < -0.3 is 25.8 Å². The summed E-state index contributed by atoms with van der Waals surface area (Å²) in [5, 5.41) is 28.8. The molecule has 0 aliphatic carbocycles. The highest BCUT2D eigenvalue weighted by atomic mass is 16.5. The van der Waals surface area contributed by atoms with Crippen molar-refractivity contribution in [2.45, 2.75) is 25.6 Å². The standard InChI is InChI=1S/C13H17NO6/c1-6-3-7(11(14)8(4-6)13(18)19)12(17)9(15)5-10(16)20-2/h3-4,9,12,15,17H,5,14H2,1-2H3,(H,18,19). The predicted octanol–water partition coefficient (Wildman–Crippen LogP) is 0.233. The fourth-order valence-corrected chi connectivity index (χ4v) is 1.82. The third-order valence-corrected chi connectivity index (χ3v) is 2.87. The molecule has 0 bridgehead atoms. The summed E-state index contributed by atoms with van der Waals surface area (Å²) in [5.41, 5.74) is 6.02. The van der Waals surface area contributed by atoms with Crippen LogP contribution in [0, 0.1) is 6.92 Å². The second kappa shape index (κ2) is 6.36. The van der Waals surface area contributed by atoms with Crippen molar-refractivity contribution in [2.75, 3.05) is 12.8 Å². The maximum absolute atomic E-state index is 11.1. The normalized spacial score (nSPS) is 13.6. The molecule has 0 aromatic heterocycles. The number of hydrogen-bond acceptors (Lipinski definition) is 6. The highest BCUT2D eigenvalue weighted by Gasteiger charge is 2.26. The van der Waals surface area contributed by atoms with E-state index in [1.54, 1.807) is 6.92 Å². The number of ether oxygens (including phenoxy) is 1. The van der Waals surface area contributed by atoms with Crippen LogP contribution in [-0.2, 0) is 9.53 Å². The molecule has 7 nitrogen and oxygen atoms in total. The summed E-state index contributed by atoms with van der Waals surface area (Å²) in [6.45, 7) is 1.63. The second-order valence-electron chi connectivity index (χ2n) is 4.41. The average molecular weight is 283 g/mol. The van der Waals surface area contributed by atoms with E-state index in [1.807, 2.05) is 0 Å². The summed E-state index contributed by atoms with van der Waals surface area (Å²) in [7, 11) is 1.16. The smallest absolute Gasteiger partial charge is 0.337 e. The molecule has 5 N–H and O–H groups in total. The number of aryl methyl sites for hydroxylation is 1. The van der Waals surface area contributed by atoms with Crippen molar-refractivity contribution in [3.05, 3.63) is 28.8 Å². The maximum Gasteiger partial charge on any atom is 0.337 e. The summed E-state index contributed by atoms with van der Waals surface area (Å²) in [4.78, 5) is 22.1. The number of carboxylic acid groups (broad SMARTS) is 1. The molecule has 1 aromatic carbocycles. The van der Waals surface area contributed by atoms with E-state index < -0.39 is 30.6 Å². The molecule has 2 atom stereocenters.